The zero-order valence-electron chi connectivity index (χ0n) is 21.3. The lowest BCUT2D eigenvalue weighted by molar-refractivity contribution is 0.0958. The van der Waals surface area contributed by atoms with Crippen molar-refractivity contribution in [3.8, 4) is 0 Å². The van der Waals surface area contributed by atoms with Crippen LogP contribution in [0.15, 0.2) is 83.0 Å². The van der Waals surface area contributed by atoms with Gasteiger partial charge in [0.2, 0.25) is 0 Å². The van der Waals surface area contributed by atoms with Crippen LogP contribution in [0.1, 0.15) is 28.4 Å². The smallest absolute Gasteiger partial charge is 0.251 e. The number of carbonyl (C=O) groups is 1. The lowest BCUT2D eigenvalue weighted by atomic mass is 9.83. The number of hydrogen-bond donors (Lipinski definition) is 3. The van der Waals surface area contributed by atoms with Gasteiger partial charge in [0.15, 0.2) is 5.11 Å². The first kappa shape index (κ1) is 26.1. The molecule has 3 aromatic rings. The lowest BCUT2D eigenvalue weighted by Crippen LogP contribution is -2.47. The molecular formula is C29H31N5O2S2. The number of nitrogens with one attached hydrogen (secondary N) is 3. The van der Waals surface area contributed by atoms with Gasteiger partial charge in [-0.15, -0.1) is 18.3 Å². The highest BCUT2D eigenvalue weighted by molar-refractivity contribution is 7.98. The molecule has 5 rings (SSSR count). The van der Waals surface area contributed by atoms with Crippen LogP contribution in [-0.2, 0) is 6.54 Å². The van der Waals surface area contributed by atoms with Crippen molar-refractivity contribution >= 4 is 52.1 Å². The second-order valence-corrected chi connectivity index (χ2v) is 10.9. The minimum atomic E-state index is -0.171. The van der Waals surface area contributed by atoms with Crippen molar-refractivity contribution in [2.24, 2.45) is 5.92 Å². The third kappa shape index (κ3) is 5.63. The molecule has 0 aliphatic carbocycles. The molecule has 2 aliphatic rings. The van der Waals surface area contributed by atoms with Gasteiger partial charge in [-0.1, -0.05) is 18.2 Å². The van der Waals surface area contributed by atoms with Crippen LogP contribution in [0.3, 0.4) is 0 Å². The molecule has 3 N–H and O–H groups in total. The number of fused-ring (bicyclic) bond motifs is 4. The van der Waals surface area contributed by atoms with Crippen LogP contribution in [0.2, 0.25) is 0 Å². The number of anilines is 3. The highest BCUT2D eigenvalue weighted by Crippen LogP contribution is 2.39. The average Bonchev–Trinajstić information content (AvgIpc) is 2.92. The zero-order valence-corrected chi connectivity index (χ0v) is 22.9. The van der Waals surface area contributed by atoms with Gasteiger partial charge in [-0.05, 0) is 73.3 Å². The van der Waals surface area contributed by atoms with Crippen LogP contribution in [0.5, 0.6) is 0 Å². The van der Waals surface area contributed by atoms with Crippen LogP contribution >= 0.6 is 24.0 Å². The molecule has 0 radical (unpaired) electrons. The van der Waals surface area contributed by atoms with Crippen LogP contribution in [-0.4, -0.2) is 41.5 Å². The molecule has 2 atom stereocenters. The monoisotopic (exact) mass is 545 g/mol. The highest BCUT2D eigenvalue weighted by Gasteiger charge is 2.35. The maximum absolute atomic E-state index is 12.7. The van der Waals surface area contributed by atoms with Crippen LogP contribution in [0, 0.1) is 5.92 Å². The Hall–Kier alpha value is -3.56. The molecule has 9 heteroatoms. The normalized spacial score (nSPS) is 17.8. The molecule has 38 heavy (non-hydrogen) atoms. The molecule has 2 aromatic carbocycles. The number of thiocarbonyl (C=S) groups is 1. The summed E-state index contributed by atoms with van der Waals surface area (Å²) >= 11 is 7.35. The molecule has 2 bridgehead atoms. The SMILES string of the molecule is C=CCNC(=O)c1ccc(N2CC3CC(C2)c2cccc(=O)n2C3)c(NC(=S)Nc2cccc(SC)c2)c1. The highest BCUT2D eigenvalue weighted by atomic mass is 32.2. The molecule has 0 spiro atoms. The minimum Gasteiger partial charge on any atom is -0.369 e. The Balaban J connectivity index is 1.43. The van der Waals surface area contributed by atoms with E-state index in [2.05, 4.69) is 39.6 Å². The molecule has 1 amide bonds. The minimum absolute atomic E-state index is 0.0739. The molecule has 1 fully saturated rings. The molecule has 196 valence electrons. The molecule has 2 aliphatic heterocycles. The zero-order chi connectivity index (χ0) is 26.6. The summed E-state index contributed by atoms with van der Waals surface area (Å²) in [4.78, 5) is 28.7. The quantitative estimate of drug-likeness (QED) is 0.221. The van der Waals surface area contributed by atoms with Crippen LogP contribution in [0.25, 0.3) is 0 Å². The van der Waals surface area contributed by atoms with E-state index in [0.29, 0.717) is 23.1 Å². The molecule has 1 aromatic heterocycles. The third-order valence-electron chi connectivity index (χ3n) is 7.06. The van der Waals surface area contributed by atoms with Gasteiger partial charge in [0.1, 0.15) is 0 Å². The third-order valence-corrected chi connectivity index (χ3v) is 7.99. The van der Waals surface area contributed by atoms with Crippen molar-refractivity contribution < 1.29 is 4.79 Å². The number of carbonyl (C=O) groups excluding carboxylic acids is 1. The van der Waals surface area contributed by atoms with Gasteiger partial charge in [0.05, 0.1) is 11.4 Å². The van der Waals surface area contributed by atoms with Crippen LogP contribution in [0.4, 0.5) is 17.1 Å². The van der Waals surface area contributed by atoms with E-state index in [1.807, 2.05) is 53.3 Å². The number of benzene rings is 2. The lowest BCUT2D eigenvalue weighted by Gasteiger charge is -2.44. The fraction of sp³-hybridized carbons (Fsp3) is 0.276. The Bertz CT molecular complexity index is 1440. The molecule has 7 nitrogen and oxygen atoms in total. The molecular weight excluding hydrogens is 514 g/mol. The second kappa shape index (κ2) is 11.4. The Kier molecular flexibility index (Phi) is 7.85. The van der Waals surface area contributed by atoms with E-state index in [4.69, 9.17) is 12.2 Å². The summed E-state index contributed by atoms with van der Waals surface area (Å²) in [5, 5.41) is 9.92. The van der Waals surface area contributed by atoms with Gasteiger partial charge in [-0.3, -0.25) is 9.59 Å². The second-order valence-electron chi connectivity index (χ2n) is 9.64. The molecule has 1 saturated heterocycles. The summed E-state index contributed by atoms with van der Waals surface area (Å²) in [5.41, 5.74) is 4.35. The summed E-state index contributed by atoms with van der Waals surface area (Å²) < 4.78 is 1.93. The molecule has 2 unspecified atom stereocenters. The maximum Gasteiger partial charge on any atom is 0.251 e. The van der Waals surface area contributed by atoms with Crippen molar-refractivity contribution in [2.45, 2.75) is 23.8 Å². The van der Waals surface area contributed by atoms with E-state index in [1.54, 1.807) is 23.9 Å². The number of pyridine rings is 1. The van der Waals surface area contributed by atoms with E-state index in [1.165, 1.54) is 0 Å². The summed E-state index contributed by atoms with van der Waals surface area (Å²) in [6, 6.07) is 19.3. The number of piperidine rings is 1. The fourth-order valence-electron chi connectivity index (χ4n) is 5.40. The average molecular weight is 546 g/mol. The van der Waals surface area contributed by atoms with Crippen molar-refractivity contribution in [3.63, 3.8) is 0 Å². The summed E-state index contributed by atoms with van der Waals surface area (Å²) in [6.07, 6.45) is 4.76. The first-order valence-electron chi connectivity index (χ1n) is 12.6. The summed E-state index contributed by atoms with van der Waals surface area (Å²) in [7, 11) is 0. The van der Waals surface area contributed by atoms with E-state index < -0.39 is 0 Å². The number of hydrogen-bond acceptors (Lipinski definition) is 5. The first-order chi connectivity index (χ1) is 18.4. The number of thioether (sulfide) groups is 1. The maximum atomic E-state index is 12.7. The number of amides is 1. The summed E-state index contributed by atoms with van der Waals surface area (Å²) in [6.45, 7) is 6.40. The molecule has 0 saturated carbocycles. The van der Waals surface area contributed by atoms with E-state index in [-0.39, 0.29) is 17.4 Å². The van der Waals surface area contributed by atoms with E-state index in [9.17, 15) is 9.59 Å². The first-order valence-corrected chi connectivity index (χ1v) is 14.3. The van der Waals surface area contributed by atoms with Gasteiger partial charge in [0, 0.05) is 60.0 Å². The van der Waals surface area contributed by atoms with Gasteiger partial charge in [-0.25, -0.2) is 0 Å². The topological polar surface area (TPSA) is 78.4 Å². The standard InChI is InChI=1S/C29H31N5O2S2/c1-3-12-30-28(36)20-10-11-26(24(14-20)32-29(37)31-22-6-4-7-23(15-22)38-2)33-16-19-13-21(18-33)25-8-5-9-27(35)34(25)17-19/h3-11,14-15,19,21H,1,12-13,16-18H2,2H3,(H,30,36)(H2,31,32,37). The Labute approximate surface area is 232 Å². The van der Waals surface area contributed by atoms with E-state index in [0.717, 1.165) is 53.7 Å². The Morgan fingerprint density at radius 3 is 2.76 bits per heavy atom. The van der Waals surface area contributed by atoms with Crippen LogP contribution < -0.4 is 26.4 Å². The molecule has 3 heterocycles. The van der Waals surface area contributed by atoms with Gasteiger partial charge in [-0.2, -0.15) is 0 Å². The van der Waals surface area contributed by atoms with Crippen molar-refractivity contribution in [3.05, 3.63) is 94.9 Å². The Morgan fingerprint density at radius 2 is 1.95 bits per heavy atom. The number of rotatable bonds is 7. The summed E-state index contributed by atoms with van der Waals surface area (Å²) in [5.74, 6) is 0.457. The predicted molar refractivity (Wildman–Crippen MR) is 161 cm³/mol. The number of nitrogens with zero attached hydrogens (tertiary/aromatic N) is 2. The van der Waals surface area contributed by atoms with Crippen molar-refractivity contribution in [1.82, 2.24) is 9.88 Å². The van der Waals surface area contributed by atoms with E-state index >= 15 is 0 Å². The van der Waals surface area contributed by atoms with Gasteiger partial charge < -0.3 is 25.4 Å². The van der Waals surface area contributed by atoms with Gasteiger partial charge in [0.25, 0.3) is 11.5 Å². The number of aromatic nitrogens is 1. The van der Waals surface area contributed by atoms with Crippen molar-refractivity contribution in [2.75, 3.05) is 41.4 Å². The Morgan fingerprint density at radius 1 is 1.11 bits per heavy atom. The van der Waals surface area contributed by atoms with Crippen molar-refractivity contribution in [1.29, 1.82) is 0 Å². The fourth-order valence-corrected chi connectivity index (χ4v) is 6.09. The predicted octanol–water partition coefficient (Wildman–Crippen LogP) is 4.92. The van der Waals surface area contributed by atoms with Gasteiger partial charge >= 0.3 is 0 Å². The largest absolute Gasteiger partial charge is 0.369 e.